The Kier molecular flexibility index (Phi) is 12.9. The van der Waals surface area contributed by atoms with E-state index in [1.54, 1.807) is 7.05 Å². The maximum atomic E-state index is 11.2. The van der Waals surface area contributed by atoms with Crippen molar-refractivity contribution < 1.29 is 9.53 Å². The van der Waals surface area contributed by atoms with E-state index in [1.165, 1.54) is 19.3 Å². The maximum absolute atomic E-state index is 11.2. The number of carbonyl (C=O) groups excluding carboxylic acids is 1. The van der Waals surface area contributed by atoms with Crippen molar-refractivity contribution >= 4 is 5.91 Å². The topological polar surface area (TPSA) is 50.4 Å². The van der Waals surface area contributed by atoms with Crippen LogP contribution >= 0.6 is 0 Å². The summed E-state index contributed by atoms with van der Waals surface area (Å²) in [5, 5.41) is 5.62. The van der Waals surface area contributed by atoms with Crippen LogP contribution in [0.25, 0.3) is 0 Å². The third kappa shape index (κ3) is 11.9. The van der Waals surface area contributed by atoms with Crippen LogP contribution in [0.3, 0.4) is 0 Å². The molecule has 0 saturated carbocycles. The molecule has 0 aliphatic carbocycles. The molecule has 0 aromatic rings. The molecule has 0 aromatic heterocycles. The maximum Gasteiger partial charge on any atom is 0.234 e. The summed E-state index contributed by atoms with van der Waals surface area (Å²) in [5.74, 6) is 0.0172. The second-order valence-electron chi connectivity index (χ2n) is 4.71. The Bertz CT molecular complexity index is 232. The second kappa shape index (κ2) is 13.6. The zero-order valence-electron chi connectivity index (χ0n) is 12.5. The van der Waals surface area contributed by atoms with Crippen molar-refractivity contribution in [3.8, 4) is 0 Å². The van der Waals surface area contributed by atoms with Crippen LogP contribution in [0.1, 0.15) is 45.4 Å². The molecule has 0 fully saturated rings. The van der Waals surface area contributed by atoms with Crippen LogP contribution in [0.2, 0.25) is 0 Å². The highest BCUT2D eigenvalue weighted by Crippen LogP contribution is 2.11. The van der Waals surface area contributed by atoms with Gasteiger partial charge in [0.05, 0.1) is 19.3 Å². The lowest BCUT2D eigenvalue weighted by Gasteiger charge is -2.16. The molecule has 0 aromatic carbocycles. The monoisotopic (exact) mass is 270 g/mol. The highest BCUT2D eigenvalue weighted by Gasteiger charge is 2.06. The van der Waals surface area contributed by atoms with E-state index in [9.17, 15) is 4.79 Å². The number of hydrogen-bond donors (Lipinski definition) is 2. The normalized spacial score (nSPS) is 12.1. The summed E-state index contributed by atoms with van der Waals surface area (Å²) in [6.07, 6.45) is 9.22. The lowest BCUT2D eigenvalue weighted by Crippen LogP contribution is -2.34. The Hall–Kier alpha value is -0.870. The first-order valence-corrected chi connectivity index (χ1v) is 7.38. The van der Waals surface area contributed by atoms with E-state index in [-0.39, 0.29) is 5.91 Å². The van der Waals surface area contributed by atoms with Crippen molar-refractivity contribution in [2.24, 2.45) is 0 Å². The average Bonchev–Trinajstić information content (AvgIpc) is 2.41. The Morgan fingerprint density at radius 1 is 1.37 bits per heavy atom. The molecule has 0 rings (SSSR count). The first kappa shape index (κ1) is 18.1. The minimum absolute atomic E-state index is 0.0172. The number of ether oxygens (including phenoxy) is 1. The quantitative estimate of drug-likeness (QED) is 0.399. The first-order chi connectivity index (χ1) is 9.24. The zero-order chi connectivity index (χ0) is 14.3. The molecule has 0 aliphatic heterocycles. The van der Waals surface area contributed by atoms with Gasteiger partial charge in [0, 0.05) is 6.54 Å². The van der Waals surface area contributed by atoms with Crippen LogP contribution in [0.5, 0.6) is 0 Å². The number of likely N-dealkylation sites (N-methyl/N-ethyl adjacent to an activating group) is 1. The van der Waals surface area contributed by atoms with Gasteiger partial charge in [-0.25, -0.2) is 0 Å². The van der Waals surface area contributed by atoms with Crippen LogP contribution in [0.4, 0.5) is 0 Å². The summed E-state index contributed by atoms with van der Waals surface area (Å²) in [4.78, 5) is 11.2. The van der Waals surface area contributed by atoms with Crippen LogP contribution < -0.4 is 10.6 Å². The van der Waals surface area contributed by atoms with Gasteiger partial charge in [0.15, 0.2) is 0 Å². The van der Waals surface area contributed by atoms with Crippen molar-refractivity contribution in [3.05, 3.63) is 12.7 Å². The van der Waals surface area contributed by atoms with Crippen molar-refractivity contribution in [1.82, 2.24) is 10.6 Å². The highest BCUT2D eigenvalue weighted by molar-refractivity contribution is 5.77. The number of nitrogens with one attached hydrogen (secondary N) is 2. The summed E-state index contributed by atoms with van der Waals surface area (Å²) >= 11 is 0. The Labute approximate surface area is 118 Å². The van der Waals surface area contributed by atoms with Crippen molar-refractivity contribution in [3.63, 3.8) is 0 Å². The van der Waals surface area contributed by atoms with Gasteiger partial charge in [0.1, 0.15) is 0 Å². The molecule has 0 radical (unpaired) electrons. The molecular formula is C15H30N2O2. The number of rotatable bonds is 13. The van der Waals surface area contributed by atoms with Gasteiger partial charge in [0.2, 0.25) is 5.91 Å². The predicted octanol–water partition coefficient (Wildman–Crippen LogP) is 2.25. The fourth-order valence-corrected chi connectivity index (χ4v) is 1.88. The average molecular weight is 270 g/mol. The number of unbranched alkanes of at least 4 members (excludes halogenated alkanes) is 3. The largest absolute Gasteiger partial charge is 0.376 e. The minimum Gasteiger partial charge on any atom is -0.376 e. The molecule has 0 aliphatic rings. The fraction of sp³-hybridized carbons (Fsp3) is 0.800. The molecule has 2 N–H and O–H groups in total. The predicted molar refractivity (Wildman–Crippen MR) is 80.2 cm³/mol. The molecular weight excluding hydrogens is 240 g/mol. The van der Waals surface area contributed by atoms with E-state index in [1.807, 2.05) is 6.08 Å². The van der Waals surface area contributed by atoms with Crippen molar-refractivity contribution in [1.29, 1.82) is 0 Å². The van der Waals surface area contributed by atoms with E-state index in [0.29, 0.717) is 25.8 Å². The second-order valence-corrected chi connectivity index (χ2v) is 4.71. The lowest BCUT2D eigenvalue weighted by atomic mass is 10.1. The summed E-state index contributed by atoms with van der Waals surface area (Å²) < 4.78 is 5.77. The Morgan fingerprint density at radius 3 is 2.79 bits per heavy atom. The summed E-state index contributed by atoms with van der Waals surface area (Å²) in [6, 6.07) is 0. The van der Waals surface area contributed by atoms with Crippen LogP contribution in [-0.2, 0) is 9.53 Å². The molecule has 1 unspecified atom stereocenters. The van der Waals surface area contributed by atoms with E-state index >= 15 is 0 Å². The molecule has 0 bridgehead atoms. The third-order valence-corrected chi connectivity index (χ3v) is 3.00. The summed E-state index contributed by atoms with van der Waals surface area (Å²) in [6.45, 7) is 7.42. The molecule has 112 valence electrons. The molecule has 19 heavy (non-hydrogen) atoms. The summed E-state index contributed by atoms with van der Waals surface area (Å²) in [5.41, 5.74) is 0. The fourth-order valence-electron chi connectivity index (χ4n) is 1.88. The Balaban J connectivity index is 3.48. The van der Waals surface area contributed by atoms with Crippen molar-refractivity contribution in [2.45, 2.75) is 51.6 Å². The SMILES string of the molecule is C=CCCCCCC(CC)OCCNC(=O)CNC. The van der Waals surface area contributed by atoms with Gasteiger partial charge in [-0.05, 0) is 32.7 Å². The van der Waals surface area contributed by atoms with Gasteiger partial charge in [-0.3, -0.25) is 4.79 Å². The number of amides is 1. The van der Waals surface area contributed by atoms with Gasteiger partial charge in [-0.2, -0.15) is 0 Å². The van der Waals surface area contributed by atoms with Crippen molar-refractivity contribution in [2.75, 3.05) is 26.7 Å². The molecule has 1 amide bonds. The Morgan fingerprint density at radius 2 is 2.16 bits per heavy atom. The number of carbonyl (C=O) groups is 1. The van der Waals surface area contributed by atoms with Gasteiger partial charge in [-0.1, -0.05) is 25.8 Å². The van der Waals surface area contributed by atoms with E-state index in [2.05, 4.69) is 24.1 Å². The van der Waals surface area contributed by atoms with E-state index < -0.39 is 0 Å². The molecule has 0 spiro atoms. The van der Waals surface area contributed by atoms with E-state index in [4.69, 9.17) is 4.74 Å². The lowest BCUT2D eigenvalue weighted by molar-refractivity contribution is -0.120. The molecule has 4 nitrogen and oxygen atoms in total. The van der Waals surface area contributed by atoms with Gasteiger partial charge in [0.25, 0.3) is 0 Å². The number of hydrogen-bond acceptors (Lipinski definition) is 3. The highest BCUT2D eigenvalue weighted by atomic mass is 16.5. The van der Waals surface area contributed by atoms with E-state index in [0.717, 1.165) is 19.3 Å². The standard InChI is InChI=1S/C15H30N2O2/c1-4-6-7-8-9-10-14(5-2)19-12-11-17-15(18)13-16-3/h4,14,16H,1,5-13H2,2-3H3,(H,17,18). The first-order valence-electron chi connectivity index (χ1n) is 7.38. The van der Waals surface area contributed by atoms with Crippen LogP contribution in [0, 0.1) is 0 Å². The van der Waals surface area contributed by atoms with Crippen LogP contribution in [-0.4, -0.2) is 38.8 Å². The third-order valence-electron chi connectivity index (χ3n) is 3.00. The molecule has 0 saturated heterocycles. The van der Waals surface area contributed by atoms with Gasteiger partial charge >= 0.3 is 0 Å². The van der Waals surface area contributed by atoms with Crippen LogP contribution in [0.15, 0.2) is 12.7 Å². The minimum atomic E-state index is 0.0172. The summed E-state index contributed by atoms with van der Waals surface area (Å²) in [7, 11) is 1.76. The van der Waals surface area contributed by atoms with Gasteiger partial charge in [-0.15, -0.1) is 6.58 Å². The molecule has 1 atom stereocenters. The molecule has 4 heteroatoms. The zero-order valence-corrected chi connectivity index (χ0v) is 12.5. The number of allylic oxidation sites excluding steroid dienone is 1. The smallest absolute Gasteiger partial charge is 0.234 e. The molecule has 0 heterocycles. The van der Waals surface area contributed by atoms with Gasteiger partial charge < -0.3 is 15.4 Å².